The first-order valence-electron chi connectivity index (χ1n) is 5.05. The molecule has 1 unspecified atom stereocenters. The third-order valence-electron chi connectivity index (χ3n) is 2.16. The summed E-state index contributed by atoms with van der Waals surface area (Å²) in [4.78, 5) is 22.9. The molecule has 0 bridgehead atoms. The fraction of sp³-hybridized carbons (Fsp3) is 0.273. The molecule has 0 aromatic carbocycles. The van der Waals surface area contributed by atoms with Crippen LogP contribution in [0.3, 0.4) is 0 Å². The van der Waals surface area contributed by atoms with Crippen molar-refractivity contribution < 1.29 is 14.7 Å². The highest BCUT2D eigenvalue weighted by molar-refractivity contribution is 9.12. The van der Waals surface area contributed by atoms with Crippen molar-refractivity contribution in [2.45, 2.75) is 18.9 Å². The number of carbonyl (C=O) groups excluding carboxylic acids is 1. The summed E-state index contributed by atoms with van der Waals surface area (Å²) in [6, 6.07) is 0.748. The van der Waals surface area contributed by atoms with Crippen molar-refractivity contribution in [3.63, 3.8) is 0 Å². The Morgan fingerprint density at radius 2 is 2.22 bits per heavy atom. The van der Waals surface area contributed by atoms with Gasteiger partial charge in [-0.15, -0.1) is 17.9 Å². The van der Waals surface area contributed by atoms with Crippen molar-refractivity contribution in [2.75, 3.05) is 0 Å². The molecule has 4 nitrogen and oxygen atoms in total. The number of hydrogen-bond acceptors (Lipinski definition) is 3. The van der Waals surface area contributed by atoms with E-state index in [0.717, 1.165) is 3.79 Å². The summed E-state index contributed by atoms with van der Waals surface area (Å²) >= 11 is 7.89. The molecule has 0 saturated carbocycles. The van der Waals surface area contributed by atoms with Crippen LogP contribution in [0, 0.1) is 0 Å². The highest BCUT2D eigenvalue weighted by atomic mass is 79.9. The monoisotopic (exact) mass is 395 g/mol. The van der Waals surface area contributed by atoms with Crippen LogP contribution in [-0.4, -0.2) is 23.0 Å². The minimum absolute atomic E-state index is 0.327. The van der Waals surface area contributed by atoms with E-state index in [1.54, 1.807) is 12.1 Å². The largest absolute Gasteiger partial charge is 0.480 e. The molecule has 0 fully saturated rings. The number of allylic oxidation sites excluding steroid dienone is 1. The Labute approximate surface area is 125 Å². The number of thiophene rings is 1. The molecule has 0 saturated heterocycles. The zero-order chi connectivity index (χ0) is 13.7. The van der Waals surface area contributed by atoms with Gasteiger partial charge in [0.1, 0.15) is 6.04 Å². The molecule has 18 heavy (non-hydrogen) atoms. The van der Waals surface area contributed by atoms with Crippen LogP contribution in [0.15, 0.2) is 26.3 Å². The molecule has 1 amide bonds. The molecule has 1 aromatic rings. The summed E-state index contributed by atoms with van der Waals surface area (Å²) in [5, 5.41) is 11.5. The summed E-state index contributed by atoms with van der Waals surface area (Å²) in [5.41, 5.74) is 0.428. The Bertz CT molecular complexity index is 473. The van der Waals surface area contributed by atoms with Crippen LogP contribution in [0.2, 0.25) is 0 Å². The second-order valence-corrected chi connectivity index (χ2v) is 7.22. The highest BCUT2D eigenvalue weighted by Crippen LogP contribution is 2.31. The summed E-state index contributed by atoms with van der Waals surface area (Å²) in [6.45, 7) is 3.53. The van der Waals surface area contributed by atoms with Crippen molar-refractivity contribution in [1.29, 1.82) is 0 Å². The summed E-state index contributed by atoms with van der Waals surface area (Å²) in [6.07, 6.45) is 2.48. The standard InChI is InChI=1S/C11H11Br2NO3S/c1-2-3-4-7(11(16)17)14-10(15)6-5-8(12)18-9(6)13/h2,5,7H,1,3-4H2,(H,14,15)(H,16,17). The van der Waals surface area contributed by atoms with Crippen LogP contribution in [-0.2, 0) is 4.79 Å². The lowest BCUT2D eigenvalue weighted by molar-refractivity contribution is -0.139. The lowest BCUT2D eigenvalue weighted by atomic mass is 10.1. The number of carboxylic acids is 1. The van der Waals surface area contributed by atoms with Gasteiger partial charge in [0.25, 0.3) is 5.91 Å². The lowest BCUT2D eigenvalue weighted by Crippen LogP contribution is -2.40. The first-order valence-corrected chi connectivity index (χ1v) is 7.45. The normalized spacial score (nSPS) is 11.9. The van der Waals surface area contributed by atoms with Gasteiger partial charge in [0.15, 0.2) is 0 Å². The predicted octanol–water partition coefficient (Wildman–Crippen LogP) is 3.42. The van der Waals surface area contributed by atoms with Crippen LogP contribution < -0.4 is 5.32 Å². The van der Waals surface area contributed by atoms with E-state index in [1.165, 1.54) is 11.3 Å². The molecule has 0 aliphatic carbocycles. The van der Waals surface area contributed by atoms with Crippen molar-refractivity contribution in [3.05, 3.63) is 31.9 Å². The van der Waals surface area contributed by atoms with Gasteiger partial charge in [-0.05, 0) is 50.8 Å². The van der Waals surface area contributed by atoms with Crippen LogP contribution in [0.4, 0.5) is 0 Å². The topological polar surface area (TPSA) is 66.4 Å². The zero-order valence-corrected chi connectivity index (χ0v) is 13.3. The second-order valence-electron chi connectivity index (χ2n) is 3.47. The van der Waals surface area contributed by atoms with Gasteiger partial charge in [-0.2, -0.15) is 0 Å². The van der Waals surface area contributed by atoms with Crippen molar-refractivity contribution in [1.82, 2.24) is 5.32 Å². The first-order chi connectivity index (χ1) is 8.45. The molecule has 0 spiro atoms. The van der Waals surface area contributed by atoms with Gasteiger partial charge in [0.05, 0.1) is 13.1 Å². The summed E-state index contributed by atoms with van der Waals surface area (Å²) in [7, 11) is 0. The van der Waals surface area contributed by atoms with E-state index in [1.807, 2.05) is 0 Å². The van der Waals surface area contributed by atoms with E-state index in [4.69, 9.17) is 5.11 Å². The molecule has 1 heterocycles. The van der Waals surface area contributed by atoms with Crippen molar-refractivity contribution in [2.24, 2.45) is 0 Å². The maximum atomic E-state index is 11.9. The SMILES string of the molecule is C=CCCC(NC(=O)c1cc(Br)sc1Br)C(=O)O. The minimum Gasteiger partial charge on any atom is -0.480 e. The molecular weight excluding hydrogens is 386 g/mol. The maximum absolute atomic E-state index is 11.9. The smallest absolute Gasteiger partial charge is 0.326 e. The Hall–Kier alpha value is -0.660. The molecule has 98 valence electrons. The van der Waals surface area contributed by atoms with Gasteiger partial charge >= 0.3 is 5.97 Å². The van der Waals surface area contributed by atoms with Gasteiger partial charge in [-0.25, -0.2) is 4.79 Å². The number of hydrogen-bond donors (Lipinski definition) is 2. The molecule has 7 heteroatoms. The average molecular weight is 397 g/mol. The number of carboxylic acid groups (broad SMARTS) is 1. The van der Waals surface area contributed by atoms with Gasteiger partial charge in [-0.3, -0.25) is 4.79 Å². The van der Waals surface area contributed by atoms with Crippen molar-refractivity contribution in [3.8, 4) is 0 Å². The molecule has 0 aliphatic rings. The molecule has 1 atom stereocenters. The first kappa shape index (κ1) is 15.4. The number of halogens is 2. The Morgan fingerprint density at radius 3 is 2.67 bits per heavy atom. The molecule has 0 aliphatic heterocycles. The Morgan fingerprint density at radius 1 is 1.56 bits per heavy atom. The van der Waals surface area contributed by atoms with E-state index in [0.29, 0.717) is 22.2 Å². The minimum atomic E-state index is -1.05. The maximum Gasteiger partial charge on any atom is 0.326 e. The third-order valence-corrected chi connectivity index (χ3v) is 4.50. The fourth-order valence-electron chi connectivity index (χ4n) is 1.27. The van der Waals surface area contributed by atoms with E-state index < -0.39 is 17.9 Å². The van der Waals surface area contributed by atoms with E-state index in [-0.39, 0.29) is 0 Å². The van der Waals surface area contributed by atoms with Crippen LogP contribution in [0.1, 0.15) is 23.2 Å². The number of nitrogens with one attached hydrogen (secondary N) is 1. The number of aliphatic carboxylic acids is 1. The van der Waals surface area contributed by atoms with Crippen LogP contribution in [0.25, 0.3) is 0 Å². The highest BCUT2D eigenvalue weighted by Gasteiger charge is 2.22. The Balaban J connectivity index is 2.75. The third kappa shape index (κ3) is 4.22. The van der Waals surface area contributed by atoms with Crippen molar-refractivity contribution >= 4 is 55.1 Å². The van der Waals surface area contributed by atoms with E-state index in [2.05, 4.69) is 43.8 Å². The Kier molecular flexibility index (Phi) is 6.04. The summed E-state index contributed by atoms with van der Waals surface area (Å²) < 4.78 is 1.47. The van der Waals surface area contributed by atoms with Gasteiger partial charge in [0.2, 0.25) is 0 Å². The molecule has 0 radical (unpaired) electrons. The number of rotatable bonds is 6. The van der Waals surface area contributed by atoms with Crippen LogP contribution >= 0.6 is 43.2 Å². The average Bonchev–Trinajstić information content (AvgIpc) is 2.63. The van der Waals surface area contributed by atoms with E-state index in [9.17, 15) is 9.59 Å². The van der Waals surface area contributed by atoms with E-state index >= 15 is 0 Å². The molecule has 1 aromatic heterocycles. The molecular formula is C11H11Br2NO3S. The van der Waals surface area contributed by atoms with Gasteiger partial charge < -0.3 is 10.4 Å². The second kappa shape index (κ2) is 7.06. The zero-order valence-electron chi connectivity index (χ0n) is 9.28. The number of amides is 1. The van der Waals surface area contributed by atoms with Crippen LogP contribution in [0.5, 0.6) is 0 Å². The molecule has 1 rings (SSSR count). The summed E-state index contributed by atoms with van der Waals surface area (Å²) in [5.74, 6) is -1.45. The lowest BCUT2D eigenvalue weighted by Gasteiger charge is -2.13. The van der Waals surface area contributed by atoms with Gasteiger partial charge in [0, 0.05) is 0 Å². The molecule has 2 N–H and O–H groups in total. The predicted molar refractivity (Wildman–Crippen MR) is 78.0 cm³/mol. The van der Waals surface area contributed by atoms with Gasteiger partial charge in [-0.1, -0.05) is 6.08 Å². The number of carbonyl (C=O) groups is 2. The fourth-order valence-corrected chi connectivity index (χ4v) is 4.07. The quantitative estimate of drug-likeness (QED) is 0.724.